The molecule has 96 valence electrons. The van der Waals surface area contributed by atoms with Crippen LogP contribution < -0.4 is 10.6 Å². The molecule has 2 N–H and O–H groups in total. The number of nitrogens with zero attached hydrogens (tertiary/aromatic N) is 1. The summed E-state index contributed by atoms with van der Waals surface area (Å²) in [4.78, 5) is 2.18. The quantitative estimate of drug-likeness (QED) is 0.771. The number of para-hydroxylation sites is 1. The fourth-order valence-electron chi connectivity index (χ4n) is 1.80. The molecular formula is C16H22N2. The molecule has 0 spiro atoms. The summed E-state index contributed by atoms with van der Waals surface area (Å²) in [7, 11) is 0. The third kappa shape index (κ3) is 3.52. The van der Waals surface area contributed by atoms with E-state index in [0.29, 0.717) is 11.6 Å². The Balaban J connectivity index is 3.21. The maximum atomic E-state index is 5.99. The second-order valence-corrected chi connectivity index (χ2v) is 4.59. The van der Waals surface area contributed by atoms with Gasteiger partial charge >= 0.3 is 0 Å². The first-order chi connectivity index (χ1) is 8.60. The van der Waals surface area contributed by atoms with Crippen molar-refractivity contribution in [2.75, 3.05) is 11.4 Å². The number of allylic oxidation sites excluding steroid dienone is 2. The second-order valence-electron chi connectivity index (χ2n) is 4.59. The van der Waals surface area contributed by atoms with Crippen LogP contribution in [0.5, 0.6) is 0 Å². The van der Waals surface area contributed by atoms with Crippen LogP contribution in [0, 0.1) is 5.92 Å². The van der Waals surface area contributed by atoms with Crippen LogP contribution in [0.2, 0.25) is 0 Å². The van der Waals surface area contributed by atoms with Gasteiger partial charge in [0.15, 0.2) is 0 Å². The molecule has 1 aromatic rings. The van der Waals surface area contributed by atoms with Crippen LogP contribution in [0.4, 0.5) is 5.69 Å². The van der Waals surface area contributed by atoms with Gasteiger partial charge in [-0.05, 0) is 30.2 Å². The van der Waals surface area contributed by atoms with Crippen molar-refractivity contribution in [3.63, 3.8) is 0 Å². The van der Waals surface area contributed by atoms with Crippen LogP contribution in [0.25, 0.3) is 0 Å². The summed E-state index contributed by atoms with van der Waals surface area (Å²) in [5.74, 6) is 0.526. The fourth-order valence-corrected chi connectivity index (χ4v) is 1.80. The first kappa shape index (κ1) is 14.1. The lowest BCUT2D eigenvalue weighted by molar-refractivity contribution is 0.641. The highest BCUT2D eigenvalue weighted by molar-refractivity contribution is 5.56. The van der Waals surface area contributed by atoms with E-state index < -0.39 is 0 Å². The number of hydrogen-bond donors (Lipinski definition) is 1. The molecule has 0 amide bonds. The highest BCUT2D eigenvalue weighted by Crippen LogP contribution is 2.22. The van der Waals surface area contributed by atoms with Gasteiger partial charge in [-0.3, -0.25) is 0 Å². The summed E-state index contributed by atoms with van der Waals surface area (Å²) in [5.41, 5.74) is 8.66. The van der Waals surface area contributed by atoms with Gasteiger partial charge in [0, 0.05) is 12.2 Å². The number of hydrogen-bond acceptors (Lipinski definition) is 2. The molecule has 0 aliphatic carbocycles. The predicted molar refractivity (Wildman–Crippen MR) is 80.2 cm³/mol. The number of nitrogens with two attached hydrogens (primary N) is 1. The van der Waals surface area contributed by atoms with Gasteiger partial charge in [0.05, 0.1) is 11.4 Å². The molecule has 0 aliphatic heterocycles. The highest BCUT2D eigenvalue weighted by atomic mass is 15.1. The van der Waals surface area contributed by atoms with Gasteiger partial charge in [0.25, 0.3) is 0 Å². The summed E-state index contributed by atoms with van der Waals surface area (Å²) < 4.78 is 0. The zero-order valence-corrected chi connectivity index (χ0v) is 11.3. The van der Waals surface area contributed by atoms with E-state index in [1.54, 1.807) is 12.2 Å². The molecule has 1 rings (SSSR count). The van der Waals surface area contributed by atoms with E-state index in [2.05, 4.69) is 44.0 Å². The van der Waals surface area contributed by atoms with E-state index in [9.17, 15) is 0 Å². The Morgan fingerprint density at radius 3 is 2.28 bits per heavy atom. The Morgan fingerprint density at radius 2 is 1.83 bits per heavy atom. The average Bonchev–Trinajstić information content (AvgIpc) is 2.38. The summed E-state index contributed by atoms with van der Waals surface area (Å²) in [5, 5.41) is 0. The van der Waals surface area contributed by atoms with Crippen LogP contribution in [0.1, 0.15) is 13.8 Å². The van der Waals surface area contributed by atoms with E-state index in [1.165, 1.54) is 0 Å². The van der Waals surface area contributed by atoms with Crippen molar-refractivity contribution in [1.82, 2.24) is 0 Å². The van der Waals surface area contributed by atoms with Crippen molar-refractivity contribution in [3.05, 3.63) is 67.0 Å². The molecule has 2 heteroatoms. The van der Waals surface area contributed by atoms with Gasteiger partial charge in [-0.1, -0.05) is 45.2 Å². The summed E-state index contributed by atoms with van der Waals surface area (Å²) in [6.07, 6.45) is 3.44. The third-order valence-corrected chi connectivity index (χ3v) is 2.62. The molecule has 0 saturated carbocycles. The SMILES string of the molecule is C=C/C(N)=C(\C=C)N(CC(C)C)c1ccccc1. The normalized spacial score (nSPS) is 11.9. The molecule has 0 aromatic heterocycles. The van der Waals surface area contributed by atoms with Gasteiger partial charge < -0.3 is 10.6 Å². The molecule has 0 fully saturated rings. The highest BCUT2D eigenvalue weighted by Gasteiger charge is 2.13. The van der Waals surface area contributed by atoms with Gasteiger partial charge in [-0.15, -0.1) is 0 Å². The van der Waals surface area contributed by atoms with Crippen molar-refractivity contribution in [2.45, 2.75) is 13.8 Å². The largest absolute Gasteiger partial charge is 0.397 e. The number of benzene rings is 1. The smallest absolute Gasteiger partial charge is 0.0638 e. The fraction of sp³-hybridized carbons (Fsp3) is 0.250. The van der Waals surface area contributed by atoms with E-state index in [0.717, 1.165) is 17.9 Å². The van der Waals surface area contributed by atoms with Crippen LogP contribution >= 0.6 is 0 Å². The molecule has 18 heavy (non-hydrogen) atoms. The van der Waals surface area contributed by atoms with Crippen molar-refractivity contribution < 1.29 is 0 Å². The van der Waals surface area contributed by atoms with E-state index in [-0.39, 0.29) is 0 Å². The molecule has 1 aromatic carbocycles. The molecule has 0 aliphatic rings. The van der Waals surface area contributed by atoms with Gasteiger partial charge in [-0.25, -0.2) is 0 Å². The van der Waals surface area contributed by atoms with Crippen molar-refractivity contribution in [3.8, 4) is 0 Å². The summed E-state index contributed by atoms with van der Waals surface area (Å²) in [6.45, 7) is 12.8. The molecule has 0 bridgehead atoms. The van der Waals surface area contributed by atoms with Crippen LogP contribution in [0.15, 0.2) is 67.0 Å². The standard InChI is InChI=1S/C16H22N2/c1-5-15(17)16(6-2)18(12-13(3)4)14-10-8-7-9-11-14/h5-11,13H,1-2,12,17H2,3-4H3/b16-15-. The lowest BCUT2D eigenvalue weighted by Crippen LogP contribution is -2.28. The third-order valence-electron chi connectivity index (χ3n) is 2.62. The summed E-state index contributed by atoms with van der Waals surface area (Å²) in [6, 6.07) is 10.2. The molecule has 0 radical (unpaired) electrons. The molecule has 0 heterocycles. The van der Waals surface area contributed by atoms with Crippen LogP contribution in [-0.2, 0) is 0 Å². The maximum Gasteiger partial charge on any atom is 0.0638 e. The van der Waals surface area contributed by atoms with Crippen molar-refractivity contribution in [1.29, 1.82) is 0 Å². The molecule has 0 saturated heterocycles. The predicted octanol–water partition coefficient (Wildman–Crippen LogP) is 3.69. The Kier molecular flexibility index (Phi) is 5.25. The second kappa shape index (κ2) is 6.70. The van der Waals surface area contributed by atoms with Crippen LogP contribution in [-0.4, -0.2) is 6.54 Å². The van der Waals surface area contributed by atoms with Gasteiger partial charge in [0.1, 0.15) is 0 Å². The minimum Gasteiger partial charge on any atom is -0.397 e. The molecule has 0 unspecified atom stereocenters. The van der Waals surface area contributed by atoms with E-state index >= 15 is 0 Å². The minimum atomic E-state index is 0.526. The van der Waals surface area contributed by atoms with E-state index in [1.807, 2.05) is 18.2 Å². The Morgan fingerprint density at radius 1 is 1.22 bits per heavy atom. The Hall–Kier alpha value is -1.96. The number of rotatable bonds is 6. The Bertz CT molecular complexity index is 430. The topological polar surface area (TPSA) is 29.3 Å². The first-order valence-electron chi connectivity index (χ1n) is 6.17. The van der Waals surface area contributed by atoms with E-state index in [4.69, 9.17) is 5.73 Å². The zero-order valence-electron chi connectivity index (χ0n) is 11.3. The molecule has 0 atom stereocenters. The lowest BCUT2D eigenvalue weighted by Gasteiger charge is -2.28. The lowest BCUT2D eigenvalue weighted by atomic mass is 10.1. The minimum absolute atomic E-state index is 0.526. The van der Waals surface area contributed by atoms with Crippen LogP contribution in [0.3, 0.4) is 0 Å². The zero-order chi connectivity index (χ0) is 13.5. The average molecular weight is 242 g/mol. The number of anilines is 1. The Labute approximate surface area is 110 Å². The van der Waals surface area contributed by atoms with Gasteiger partial charge in [-0.2, -0.15) is 0 Å². The monoisotopic (exact) mass is 242 g/mol. The molecular weight excluding hydrogens is 220 g/mol. The van der Waals surface area contributed by atoms with Crippen molar-refractivity contribution >= 4 is 5.69 Å². The summed E-state index contributed by atoms with van der Waals surface area (Å²) >= 11 is 0. The maximum absolute atomic E-state index is 5.99. The van der Waals surface area contributed by atoms with Crippen molar-refractivity contribution in [2.24, 2.45) is 11.7 Å². The first-order valence-corrected chi connectivity index (χ1v) is 6.17. The molecule has 2 nitrogen and oxygen atoms in total. The van der Waals surface area contributed by atoms with Gasteiger partial charge in [0.2, 0.25) is 0 Å².